The SMILES string of the molecule is CCOc1nnc(O[C@@H]2C[C@H]3C(=O)N[C@]4(C(=O)NS(=O)(=O)C5CC5)C[C@H]4/C=C\CC[C@@H](C)C[C@@H](C)[C@H](NC(=O)O)C(=O)N3C2)c2ccccc12. The molecule has 0 bridgehead atoms. The largest absolute Gasteiger partial charge is 0.476 e. The third-order valence-corrected chi connectivity index (χ3v) is 11.9. The fourth-order valence-electron chi connectivity index (χ4n) is 7.17. The lowest BCUT2D eigenvalue weighted by Crippen LogP contribution is -2.59. The number of hydrogen-bond acceptors (Lipinski definition) is 10. The van der Waals surface area contributed by atoms with Crippen molar-refractivity contribution in [2.75, 3.05) is 13.2 Å². The van der Waals surface area contributed by atoms with Crippen LogP contribution in [0.25, 0.3) is 10.8 Å². The summed E-state index contributed by atoms with van der Waals surface area (Å²) in [6.45, 7) is 5.95. The van der Waals surface area contributed by atoms with Gasteiger partial charge in [0.15, 0.2) is 0 Å². The highest BCUT2D eigenvalue weighted by atomic mass is 32.2. The Balaban J connectivity index is 1.33. The maximum Gasteiger partial charge on any atom is 0.405 e. The van der Waals surface area contributed by atoms with E-state index >= 15 is 0 Å². The van der Waals surface area contributed by atoms with Gasteiger partial charge in [-0.3, -0.25) is 19.1 Å². The smallest absolute Gasteiger partial charge is 0.405 e. The molecule has 1 aromatic heterocycles. The molecule has 1 saturated heterocycles. The van der Waals surface area contributed by atoms with Gasteiger partial charge < -0.3 is 30.1 Å². The lowest BCUT2D eigenvalue weighted by atomic mass is 9.88. The molecule has 2 aliphatic carbocycles. The van der Waals surface area contributed by atoms with Gasteiger partial charge in [0.25, 0.3) is 5.91 Å². The molecule has 3 heterocycles. The van der Waals surface area contributed by atoms with Crippen molar-refractivity contribution in [3.63, 3.8) is 0 Å². The molecule has 7 atom stereocenters. The molecule has 6 rings (SSSR count). The zero-order valence-electron chi connectivity index (χ0n) is 28.3. The normalized spacial score (nSPS) is 30.9. The van der Waals surface area contributed by atoms with Gasteiger partial charge in [-0.25, -0.2) is 13.2 Å². The molecule has 4 N–H and O–H groups in total. The molecular weight excluding hydrogens is 668 g/mol. The summed E-state index contributed by atoms with van der Waals surface area (Å²) in [5.74, 6) is -2.34. The second kappa shape index (κ2) is 14.0. The first-order valence-corrected chi connectivity index (χ1v) is 18.8. The summed E-state index contributed by atoms with van der Waals surface area (Å²) in [6, 6.07) is 4.91. The number of fused-ring (bicyclic) bond motifs is 3. The standard InChI is InChI=1S/C34H44N6O9S/c1-4-48-29-24-11-7-8-12-25(24)30(38-37-29)49-22-16-26-28(41)36-34(32(43)39-50(46,47)23-13-14-23)17-21(34)10-6-5-9-19(2)15-20(3)27(35-33(44)45)31(42)40(26)18-22/h6-8,10-12,19-23,26-27,35H,4-5,9,13-18H2,1-3H3,(H,36,41)(H,39,43)(H,44,45)/b10-6-/t19-,20-,21-,22-,26+,27+,34-/m1/s1. The summed E-state index contributed by atoms with van der Waals surface area (Å²) >= 11 is 0. The van der Waals surface area contributed by atoms with E-state index in [1.165, 1.54) is 4.90 Å². The van der Waals surface area contributed by atoms with Crippen LogP contribution in [0.4, 0.5) is 4.79 Å². The quantitative estimate of drug-likeness (QED) is 0.293. The molecule has 0 unspecified atom stereocenters. The topological polar surface area (TPSA) is 206 Å². The molecule has 50 heavy (non-hydrogen) atoms. The fraction of sp³-hybridized carbons (Fsp3) is 0.588. The van der Waals surface area contributed by atoms with Crippen LogP contribution in [-0.4, -0.2) is 94.6 Å². The monoisotopic (exact) mass is 712 g/mol. The third-order valence-electron chi connectivity index (χ3n) is 10.1. The Morgan fingerprint density at radius 3 is 2.46 bits per heavy atom. The average Bonchev–Trinajstić information content (AvgIpc) is 3.99. The molecular formula is C34H44N6O9S. The van der Waals surface area contributed by atoms with Crippen LogP contribution in [0.15, 0.2) is 36.4 Å². The van der Waals surface area contributed by atoms with Gasteiger partial charge in [0.1, 0.15) is 23.7 Å². The van der Waals surface area contributed by atoms with Crippen LogP contribution < -0.4 is 24.8 Å². The van der Waals surface area contributed by atoms with Gasteiger partial charge in [-0.05, 0) is 69.4 Å². The van der Waals surface area contributed by atoms with E-state index in [1.54, 1.807) is 19.1 Å². The first kappa shape index (κ1) is 35.4. The number of nitrogens with one attached hydrogen (secondary N) is 3. The lowest BCUT2D eigenvalue weighted by molar-refractivity contribution is -0.142. The van der Waals surface area contributed by atoms with Crippen molar-refractivity contribution >= 4 is 44.6 Å². The number of ether oxygens (including phenoxy) is 2. The van der Waals surface area contributed by atoms with Crippen molar-refractivity contribution in [3.8, 4) is 11.8 Å². The summed E-state index contributed by atoms with van der Waals surface area (Å²) in [7, 11) is -3.90. The number of allylic oxidation sites excluding steroid dienone is 1. The summed E-state index contributed by atoms with van der Waals surface area (Å²) in [4.78, 5) is 55.4. The van der Waals surface area contributed by atoms with E-state index in [4.69, 9.17) is 9.47 Å². The molecule has 16 heteroatoms. The maximum atomic E-state index is 14.3. The van der Waals surface area contributed by atoms with Gasteiger partial charge in [0.05, 0.1) is 29.2 Å². The highest BCUT2D eigenvalue weighted by Crippen LogP contribution is 2.46. The number of sulfonamides is 1. The van der Waals surface area contributed by atoms with Crippen molar-refractivity contribution < 1.29 is 42.2 Å². The summed E-state index contributed by atoms with van der Waals surface area (Å²) in [6.07, 6.45) is 4.65. The van der Waals surface area contributed by atoms with Gasteiger partial charge in [0.2, 0.25) is 33.6 Å². The summed E-state index contributed by atoms with van der Waals surface area (Å²) in [5.41, 5.74) is -1.53. The number of carboxylic acid groups (broad SMARTS) is 1. The first-order valence-electron chi connectivity index (χ1n) is 17.2. The molecule has 4 aliphatic rings. The fourth-order valence-corrected chi connectivity index (χ4v) is 8.54. The highest BCUT2D eigenvalue weighted by Gasteiger charge is 2.62. The Kier molecular flexibility index (Phi) is 9.93. The van der Waals surface area contributed by atoms with Crippen molar-refractivity contribution in [1.29, 1.82) is 0 Å². The van der Waals surface area contributed by atoms with Crippen LogP contribution in [-0.2, 0) is 24.4 Å². The number of rotatable bonds is 8. The molecule has 270 valence electrons. The van der Waals surface area contributed by atoms with Crippen LogP contribution >= 0.6 is 0 Å². The Hall–Kier alpha value is -4.47. The predicted octanol–water partition coefficient (Wildman–Crippen LogP) is 2.51. The number of hydrogen-bond donors (Lipinski definition) is 4. The average molecular weight is 713 g/mol. The molecule has 0 radical (unpaired) electrons. The Bertz CT molecular complexity index is 1800. The summed E-state index contributed by atoms with van der Waals surface area (Å²) in [5, 5.41) is 24.0. The van der Waals surface area contributed by atoms with E-state index in [0.717, 1.165) is 6.42 Å². The number of nitrogens with zero attached hydrogens (tertiary/aromatic N) is 3. The summed E-state index contributed by atoms with van der Waals surface area (Å²) < 4.78 is 39.7. The third kappa shape index (κ3) is 7.35. The Morgan fingerprint density at radius 1 is 1.08 bits per heavy atom. The van der Waals surface area contributed by atoms with Crippen molar-refractivity contribution in [2.45, 2.75) is 94.7 Å². The highest BCUT2D eigenvalue weighted by molar-refractivity contribution is 7.91. The zero-order valence-corrected chi connectivity index (χ0v) is 29.1. The van der Waals surface area contributed by atoms with E-state index in [-0.39, 0.29) is 31.2 Å². The Labute approximate surface area is 290 Å². The molecule has 2 saturated carbocycles. The molecule has 2 aliphatic heterocycles. The molecule has 3 fully saturated rings. The van der Waals surface area contributed by atoms with Crippen molar-refractivity contribution in [3.05, 3.63) is 36.4 Å². The van der Waals surface area contributed by atoms with E-state index in [1.807, 2.05) is 38.1 Å². The molecule has 2 aromatic rings. The minimum Gasteiger partial charge on any atom is -0.476 e. The van der Waals surface area contributed by atoms with Crippen LogP contribution in [0.3, 0.4) is 0 Å². The number of aromatic nitrogens is 2. The second-order valence-electron chi connectivity index (χ2n) is 14.0. The van der Waals surface area contributed by atoms with E-state index in [2.05, 4.69) is 25.6 Å². The Morgan fingerprint density at radius 2 is 1.78 bits per heavy atom. The van der Waals surface area contributed by atoms with E-state index in [0.29, 0.717) is 48.9 Å². The van der Waals surface area contributed by atoms with Crippen LogP contribution in [0, 0.1) is 17.8 Å². The molecule has 0 spiro atoms. The van der Waals surface area contributed by atoms with Crippen molar-refractivity contribution in [1.82, 2.24) is 30.5 Å². The van der Waals surface area contributed by atoms with Gasteiger partial charge in [-0.2, -0.15) is 0 Å². The maximum absolute atomic E-state index is 14.3. The van der Waals surface area contributed by atoms with E-state index in [9.17, 15) is 32.7 Å². The minimum atomic E-state index is -3.90. The molecule has 1 aromatic carbocycles. The number of benzene rings is 1. The second-order valence-corrected chi connectivity index (χ2v) is 15.9. The predicted molar refractivity (Wildman–Crippen MR) is 181 cm³/mol. The van der Waals surface area contributed by atoms with Crippen LogP contribution in [0.1, 0.15) is 65.7 Å². The molecule has 15 nitrogen and oxygen atoms in total. The van der Waals surface area contributed by atoms with Crippen LogP contribution in [0.5, 0.6) is 11.8 Å². The number of carbonyl (C=O) groups is 4. The zero-order chi connectivity index (χ0) is 35.8. The minimum absolute atomic E-state index is 0.00998. The van der Waals surface area contributed by atoms with Gasteiger partial charge >= 0.3 is 6.09 Å². The van der Waals surface area contributed by atoms with E-state index < -0.39 is 74.7 Å². The van der Waals surface area contributed by atoms with Gasteiger partial charge in [-0.15, -0.1) is 10.2 Å². The molecule has 4 amide bonds. The number of amides is 4. The number of carbonyl (C=O) groups excluding carboxylic acids is 3. The van der Waals surface area contributed by atoms with Gasteiger partial charge in [0, 0.05) is 12.3 Å². The lowest BCUT2D eigenvalue weighted by Gasteiger charge is -2.32. The van der Waals surface area contributed by atoms with Gasteiger partial charge in [-0.1, -0.05) is 38.1 Å². The van der Waals surface area contributed by atoms with Crippen molar-refractivity contribution in [2.24, 2.45) is 17.8 Å². The van der Waals surface area contributed by atoms with Crippen LogP contribution in [0.2, 0.25) is 0 Å². The first-order chi connectivity index (χ1) is 23.8.